The second kappa shape index (κ2) is 11.6. The molecule has 1 saturated carbocycles. The number of H-pyrrole nitrogens is 1. The van der Waals surface area contributed by atoms with Crippen LogP contribution in [0.15, 0.2) is 29.1 Å². The van der Waals surface area contributed by atoms with E-state index in [4.69, 9.17) is 22.1 Å². The molecule has 5 rings (SSSR count). The quantitative estimate of drug-likeness (QED) is 0.357. The second-order valence-corrected chi connectivity index (χ2v) is 12.9. The molecule has 2 amide bonds. The van der Waals surface area contributed by atoms with Crippen molar-refractivity contribution < 1.29 is 27.9 Å². The number of aromatic amines is 1. The highest BCUT2D eigenvalue weighted by molar-refractivity contribution is 6.31. The number of hydrogen-bond donors (Lipinski definition) is 2. The second-order valence-electron chi connectivity index (χ2n) is 12.5. The first-order valence-electron chi connectivity index (χ1n) is 14.6. The number of aryl methyl sites for hydroxylation is 3. The molecule has 0 bridgehead atoms. The topological polar surface area (TPSA) is 126 Å². The van der Waals surface area contributed by atoms with Gasteiger partial charge in [-0.15, -0.1) is 0 Å². The molecule has 3 atom stereocenters. The minimum absolute atomic E-state index is 0.0525. The summed E-state index contributed by atoms with van der Waals surface area (Å²) < 4.78 is 34.6. The molecule has 1 aromatic heterocycles. The van der Waals surface area contributed by atoms with Crippen LogP contribution in [-0.2, 0) is 9.59 Å². The lowest BCUT2D eigenvalue weighted by molar-refractivity contribution is -0.162. The molecule has 3 N–H and O–H groups in total. The average molecular weight is 619 g/mol. The van der Waals surface area contributed by atoms with Crippen molar-refractivity contribution in [2.24, 2.45) is 23.0 Å². The number of ether oxygens (including phenoxy) is 1. The van der Waals surface area contributed by atoms with Gasteiger partial charge in [-0.1, -0.05) is 17.7 Å². The highest BCUT2D eigenvalue weighted by atomic mass is 35.5. The first-order valence-corrected chi connectivity index (χ1v) is 15.0. The molecule has 3 fully saturated rings. The van der Waals surface area contributed by atoms with Crippen molar-refractivity contribution in [1.29, 1.82) is 0 Å². The number of likely N-dealkylation sites (tertiary alicyclic amines) is 2. The molecule has 12 heteroatoms. The number of pyridine rings is 1. The molecule has 3 aliphatic rings. The number of amides is 2. The number of aromatic nitrogens is 1. The number of carbonyl (C=O) groups excluding carboxylic acids is 3. The number of halogens is 3. The van der Waals surface area contributed by atoms with Gasteiger partial charge in [-0.05, 0) is 68.7 Å². The fourth-order valence-electron chi connectivity index (χ4n) is 7.23. The molecule has 1 aromatic carbocycles. The number of rotatable bonds is 7. The number of hydrogen-bond acceptors (Lipinski definition) is 6. The van der Waals surface area contributed by atoms with E-state index in [-0.39, 0.29) is 48.3 Å². The number of nitrogens with zero attached hydrogens (tertiary/aromatic N) is 2. The number of nitrogens with one attached hydrogen (secondary N) is 1. The molecule has 2 aromatic rings. The van der Waals surface area contributed by atoms with Crippen molar-refractivity contribution in [3.8, 4) is 5.75 Å². The standard InChI is InChI=1S/C31H37ClF2N4O5/c1-17-4-5-22(11-23(17)32)43-29(42)30(6-8-31(33,34)9-7-30)24(12-25(35)39)37-13-20-15-38(16-21(20)14-37)28(41)27-18(2)10-26(40)36-19(27)3/h4-5,10-11,20-21,24H,6-9,12-16H2,1-3H3,(H2,35,39)(H,36,40). The zero-order chi connectivity index (χ0) is 31.3. The van der Waals surface area contributed by atoms with Crippen LogP contribution >= 0.6 is 11.6 Å². The maximum Gasteiger partial charge on any atom is 0.319 e. The molecule has 0 radical (unpaired) electrons. The van der Waals surface area contributed by atoms with Crippen molar-refractivity contribution in [3.05, 3.63) is 62.0 Å². The van der Waals surface area contributed by atoms with E-state index < -0.39 is 42.1 Å². The van der Waals surface area contributed by atoms with Crippen LogP contribution in [0.1, 0.15) is 59.3 Å². The first kappa shape index (κ1) is 31.1. The van der Waals surface area contributed by atoms with Gasteiger partial charge in [0.2, 0.25) is 17.4 Å². The van der Waals surface area contributed by atoms with E-state index in [0.717, 1.165) is 5.56 Å². The van der Waals surface area contributed by atoms with Gasteiger partial charge in [0.15, 0.2) is 0 Å². The molecule has 3 unspecified atom stereocenters. The Morgan fingerprint density at radius 2 is 1.65 bits per heavy atom. The van der Waals surface area contributed by atoms with Gasteiger partial charge in [-0.25, -0.2) is 8.78 Å². The highest BCUT2D eigenvalue weighted by Crippen LogP contribution is 2.50. The Kier molecular flexibility index (Phi) is 8.43. The Morgan fingerprint density at radius 1 is 1.02 bits per heavy atom. The van der Waals surface area contributed by atoms with Crippen molar-refractivity contribution in [3.63, 3.8) is 0 Å². The molecule has 9 nitrogen and oxygen atoms in total. The first-order chi connectivity index (χ1) is 20.2. The van der Waals surface area contributed by atoms with Crippen LogP contribution in [0.5, 0.6) is 5.75 Å². The number of esters is 1. The van der Waals surface area contributed by atoms with Crippen molar-refractivity contribution in [1.82, 2.24) is 14.8 Å². The minimum atomic E-state index is -2.92. The monoisotopic (exact) mass is 618 g/mol. The minimum Gasteiger partial charge on any atom is -0.426 e. The van der Waals surface area contributed by atoms with E-state index in [1.54, 1.807) is 30.9 Å². The van der Waals surface area contributed by atoms with Crippen molar-refractivity contribution in [2.45, 2.75) is 64.8 Å². The van der Waals surface area contributed by atoms with Gasteiger partial charge in [0, 0.05) is 68.3 Å². The van der Waals surface area contributed by atoms with Crippen LogP contribution in [0.25, 0.3) is 0 Å². The van der Waals surface area contributed by atoms with Crippen molar-refractivity contribution >= 4 is 29.4 Å². The fraction of sp³-hybridized carbons (Fsp3) is 0.548. The van der Waals surface area contributed by atoms with Crippen molar-refractivity contribution in [2.75, 3.05) is 26.2 Å². The SMILES string of the molecule is Cc1ccc(OC(=O)C2(C(CC(N)=O)N3CC4CN(C(=O)c5c(C)cc(=O)[nH]c5C)CC4C3)CCC(F)(F)CC2)cc1Cl. The lowest BCUT2D eigenvalue weighted by Crippen LogP contribution is -2.57. The Hall–Kier alpha value is -3.31. The van der Waals surface area contributed by atoms with Gasteiger partial charge < -0.3 is 20.4 Å². The zero-order valence-electron chi connectivity index (χ0n) is 24.6. The fourth-order valence-corrected chi connectivity index (χ4v) is 7.40. The maximum absolute atomic E-state index is 14.4. The molecule has 0 spiro atoms. The van der Waals surface area contributed by atoms with Crippen LogP contribution in [0.4, 0.5) is 8.78 Å². The van der Waals surface area contributed by atoms with E-state index in [1.165, 1.54) is 12.1 Å². The van der Waals surface area contributed by atoms with Gasteiger partial charge >= 0.3 is 5.97 Å². The van der Waals surface area contributed by atoms with Crippen LogP contribution in [0.3, 0.4) is 0 Å². The van der Waals surface area contributed by atoms with E-state index in [2.05, 4.69) is 4.98 Å². The Labute approximate surface area is 253 Å². The van der Waals surface area contributed by atoms with Gasteiger partial charge in [0.1, 0.15) is 5.75 Å². The number of alkyl halides is 2. The summed E-state index contributed by atoms with van der Waals surface area (Å²) in [7, 11) is 0. The zero-order valence-corrected chi connectivity index (χ0v) is 25.3. The molecule has 3 heterocycles. The largest absolute Gasteiger partial charge is 0.426 e. The summed E-state index contributed by atoms with van der Waals surface area (Å²) >= 11 is 6.24. The van der Waals surface area contributed by atoms with E-state index >= 15 is 0 Å². The van der Waals surface area contributed by atoms with E-state index in [0.29, 0.717) is 48.0 Å². The number of fused-ring (bicyclic) bond motifs is 1. The molecule has 2 aliphatic heterocycles. The molecule has 232 valence electrons. The van der Waals surface area contributed by atoms with Gasteiger partial charge in [-0.2, -0.15) is 0 Å². The Morgan fingerprint density at radius 3 is 2.21 bits per heavy atom. The molecular weight excluding hydrogens is 582 g/mol. The number of nitrogens with two attached hydrogens (primary N) is 1. The summed E-state index contributed by atoms with van der Waals surface area (Å²) in [5.74, 6) is -4.08. The van der Waals surface area contributed by atoms with E-state index in [1.807, 2.05) is 11.8 Å². The molecule has 2 saturated heterocycles. The van der Waals surface area contributed by atoms with Gasteiger partial charge in [-0.3, -0.25) is 24.1 Å². The number of benzene rings is 1. The summed E-state index contributed by atoms with van der Waals surface area (Å²) in [4.78, 5) is 58.1. The maximum atomic E-state index is 14.4. The summed E-state index contributed by atoms with van der Waals surface area (Å²) in [6.45, 7) is 7.10. The number of carbonyl (C=O) groups is 3. The van der Waals surface area contributed by atoms with Crippen LogP contribution in [0.2, 0.25) is 5.02 Å². The Balaban J connectivity index is 1.39. The van der Waals surface area contributed by atoms with Gasteiger partial charge in [0.05, 0.1) is 11.0 Å². The summed E-state index contributed by atoms with van der Waals surface area (Å²) in [5.41, 5.74) is 6.43. The summed E-state index contributed by atoms with van der Waals surface area (Å²) in [6.07, 6.45) is -1.51. The van der Waals surface area contributed by atoms with Crippen LogP contribution in [-0.4, -0.2) is 70.7 Å². The average Bonchev–Trinajstić information content (AvgIpc) is 3.49. The third-order valence-electron chi connectivity index (χ3n) is 9.55. The molecule has 43 heavy (non-hydrogen) atoms. The van der Waals surface area contributed by atoms with Crippen LogP contribution in [0, 0.1) is 38.0 Å². The predicted octanol–water partition coefficient (Wildman–Crippen LogP) is 4.00. The summed E-state index contributed by atoms with van der Waals surface area (Å²) in [5, 5.41) is 0.405. The smallest absolute Gasteiger partial charge is 0.319 e. The van der Waals surface area contributed by atoms with Crippen LogP contribution < -0.4 is 16.0 Å². The third-order valence-corrected chi connectivity index (χ3v) is 9.96. The lowest BCUT2D eigenvalue weighted by atomic mass is 9.66. The lowest BCUT2D eigenvalue weighted by Gasteiger charge is -2.46. The molecular formula is C31H37ClF2N4O5. The predicted molar refractivity (Wildman–Crippen MR) is 156 cm³/mol. The normalized spacial score (nSPS) is 23.5. The highest BCUT2D eigenvalue weighted by Gasteiger charge is 2.57. The Bertz CT molecular complexity index is 1460. The third kappa shape index (κ3) is 6.20. The molecule has 1 aliphatic carbocycles. The van der Waals surface area contributed by atoms with Gasteiger partial charge in [0.25, 0.3) is 5.91 Å². The number of primary amides is 1. The summed E-state index contributed by atoms with van der Waals surface area (Å²) in [6, 6.07) is 5.49. The van der Waals surface area contributed by atoms with E-state index in [9.17, 15) is 28.0 Å².